The molecule has 0 heterocycles. The van der Waals surface area contributed by atoms with Gasteiger partial charge in [-0.2, -0.15) is 0 Å². The predicted molar refractivity (Wildman–Crippen MR) is 84.1 cm³/mol. The Bertz CT molecular complexity index is 62.7. The van der Waals surface area contributed by atoms with Crippen LogP contribution in [0, 0.1) is 0 Å². The van der Waals surface area contributed by atoms with E-state index in [0.29, 0.717) is 0 Å². The third-order valence-corrected chi connectivity index (χ3v) is 0. The van der Waals surface area contributed by atoms with Crippen LogP contribution in [-0.2, 0) is -8.39 Å². The van der Waals surface area contributed by atoms with Crippen LogP contribution in [0.1, 0.15) is 0 Å². The van der Waals surface area contributed by atoms with Gasteiger partial charge in [-0.25, -0.2) is 0 Å². The van der Waals surface area contributed by atoms with E-state index in [1.54, 1.807) is 0 Å². The van der Waals surface area contributed by atoms with Gasteiger partial charge in [0.15, 0.2) is 0 Å². The van der Waals surface area contributed by atoms with E-state index in [2.05, 4.69) is 114 Å². The molecule has 0 nitrogen and oxygen atoms in total. The molecule has 0 aliphatic rings. The van der Waals surface area contributed by atoms with Gasteiger partial charge >= 0.3 is 106 Å². The molecule has 0 aromatic heterocycles. The zero-order valence-corrected chi connectivity index (χ0v) is 18.9. The Labute approximate surface area is 101 Å². The molecule has 0 aromatic rings. The van der Waals surface area contributed by atoms with Crippen molar-refractivity contribution in [3.63, 3.8) is 0 Å². The van der Waals surface area contributed by atoms with Gasteiger partial charge in [-0.15, -0.1) is 0 Å². The van der Waals surface area contributed by atoms with Gasteiger partial charge in [0.2, 0.25) is 0 Å². The Balaban J connectivity index is 4.43. The molecule has 7 heavy (non-hydrogen) atoms. The topological polar surface area (TPSA) is 0 Å². The van der Waals surface area contributed by atoms with E-state index < -0.39 is -8.39 Å². The monoisotopic (exact) mass is 942 g/mol. The van der Waals surface area contributed by atoms with Crippen molar-refractivity contribution in [2.24, 2.45) is 0 Å². The van der Waals surface area contributed by atoms with Crippen molar-refractivity contribution in [3.8, 4) is 0 Å². The van der Waals surface area contributed by atoms with Crippen molar-refractivity contribution >= 4 is 114 Å². The van der Waals surface area contributed by atoms with Crippen LogP contribution in [0.2, 0.25) is 0 Å². The first-order valence-electron chi connectivity index (χ1n) is 1.01. The summed E-state index contributed by atoms with van der Waals surface area (Å²) in [5.41, 5.74) is 0. The Morgan fingerprint density at radius 2 is 0.571 bits per heavy atom. The van der Waals surface area contributed by atoms with Gasteiger partial charge in [0.1, 0.15) is 0 Å². The third kappa shape index (κ3) is 35.3. The molecule has 0 aliphatic heterocycles. The fourth-order valence-electron chi connectivity index (χ4n) is 0. The normalized spacial score (nSPS) is 23.1. The van der Waals surface area contributed by atoms with E-state index in [4.69, 9.17) is 0 Å². The van der Waals surface area contributed by atoms with E-state index in [1.807, 2.05) is 0 Å². The van der Waals surface area contributed by atoms with Crippen LogP contribution >= 0.6 is 114 Å². The molecule has 0 radical (unpaired) electrons. The SMILES string of the molecule is [I][Ta]([I])([I])([I])([I])[I]. The Morgan fingerprint density at radius 3 is 0.571 bits per heavy atom. The summed E-state index contributed by atoms with van der Waals surface area (Å²) in [7, 11) is 0. The van der Waals surface area contributed by atoms with Crippen LogP contribution in [0.5, 0.6) is 0 Å². The van der Waals surface area contributed by atoms with Gasteiger partial charge in [-0.3, -0.25) is 0 Å². The van der Waals surface area contributed by atoms with Crippen LogP contribution in [-0.4, -0.2) is 0 Å². The van der Waals surface area contributed by atoms with E-state index in [0.717, 1.165) is 0 Å². The summed E-state index contributed by atoms with van der Waals surface area (Å²) < 4.78 is -2.53. The van der Waals surface area contributed by atoms with Crippen molar-refractivity contribution in [1.29, 1.82) is 0 Å². The molecular formula is I6Ta. The van der Waals surface area contributed by atoms with Crippen LogP contribution in [0.25, 0.3) is 0 Å². The molecular weight excluding hydrogens is 942 g/mol. The van der Waals surface area contributed by atoms with Crippen molar-refractivity contribution in [2.75, 3.05) is 0 Å². The van der Waals surface area contributed by atoms with Gasteiger partial charge in [-0.1, -0.05) is 0 Å². The summed E-state index contributed by atoms with van der Waals surface area (Å²) in [4.78, 5) is 0. The maximum absolute atomic E-state index is 2.59. The van der Waals surface area contributed by atoms with E-state index in [-0.39, 0.29) is 0 Å². The fraction of sp³-hybridized carbons (Fsp3) is 0. The van der Waals surface area contributed by atoms with Crippen LogP contribution in [0.3, 0.4) is 0 Å². The number of rotatable bonds is 0. The number of halogens is 6. The molecule has 0 saturated heterocycles. The molecule has 0 fully saturated rings. The molecule has 0 saturated carbocycles. The second-order valence-electron chi connectivity index (χ2n) is 0.958. The maximum atomic E-state index is 2.59. The number of hydrogen-bond donors (Lipinski definition) is 0. The standard InChI is InChI=1S/6HI.Ta/h6*1H;/q;;;;;;+6/p-6. The molecule has 0 rings (SSSR count). The summed E-state index contributed by atoms with van der Waals surface area (Å²) >= 11 is 15.5. The fourth-order valence-corrected chi connectivity index (χ4v) is 0. The summed E-state index contributed by atoms with van der Waals surface area (Å²) in [6.07, 6.45) is 0. The van der Waals surface area contributed by atoms with Gasteiger partial charge in [-0.05, 0) is 0 Å². The predicted octanol–water partition coefficient (Wildman–Crippen LogP) is 5.31. The zero-order chi connectivity index (χ0) is 6.41. The molecule has 0 aromatic carbocycles. The van der Waals surface area contributed by atoms with Crippen molar-refractivity contribution < 1.29 is -8.39 Å². The van der Waals surface area contributed by atoms with Gasteiger partial charge in [0.05, 0.1) is 0 Å². The van der Waals surface area contributed by atoms with Crippen molar-refractivity contribution in [3.05, 3.63) is 0 Å². The first-order valence-corrected chi connectivity index (χ1v) is 55.7. The summed E-state index contributed by atoms with van der Waals surface area (Å²) in [5.74, 6) is 0. The Hall–Kier alpha value is 5.12. The third-order valence-electron chi connectivity index (χ3n) is 0. The van der Waals surface area contributed by atoms with Crippen molar-refractivity contribution in [1.82, 2.24) is 0 Å². The molecule has 0 bridgehead atoms. The minimum absolute atomic E-state index is 2.53. The minimum atomic E-state index is -2.53. The molecule has 7 heteroatoms. The summed E-state index contributed by atoms with van der Waals surface area (Å²) in [6.45, 7) is 0. The quantitative estimate of drug-likeness (QED) is 0.290. The van der Waals surface area contributed by atoms with E-state index >= 15 is 0 Å². The van der Waals surface area contributed by atoms with Crippen LogP contribution < -0.4 is 0 Å². The second-order valence-corrected chi connectivity index (χ2v) is 353. The van der Waals surface area contributed by atoms with Gasteiger partial charge in [0.25, 0.3) is 0 Å². The van der Waals surface area contributed by atoms with Crippen LogP contribution in [0.15, 0.2) is 0 Å². The Kier molecular flexibility index (Phi) is 4.87. The molecule has 0 N–H and O–H groups in total. The molecule has 0 spiro atoms. The first kappa shape index (κ1) is 12.1. The molecule has 0 aliphatic carbocycles. The summed E-state index contributed by atoms with van der Waals surface area (Å²) in [5, 5.41) is 0. The molecule has 0 unspecified atom stereocenters. The van der Waals surface area contributed by atoms with Crippen LogP contribution in [0.4, 0.5) is 0 Å². The van der Waals surface area contributed by atoms with Gasteiger partial charge < -0.3 is 0 Å². The molecule has 0 atom stereocenters. The molecule has 47 valence electrons. The zero-order valence-electron chi connectivity index (χ0n) is 2.72. The summed E-state index contributed by atoms with van der Waals surface area (Å²) in [6, 6.07) is 0. The average Bonchev–Trinajstić information content (AvgIpc) is 0.592. The molecule has 0 amide bonds. The Morgan fingerprint density at radius 1 is 0.571 bits per heavy atom. The second kappa shape index (κ2) is 2.81. The van der Waals surface area contributed by atoms with E-state index in [9.17, 15) is 0 Å². The van der Waals surface area contributed by atoms with E-state index in [1.165, 1.54) is 0 Å². The van der Waals surface area contributed by atoms with Crippen molar-refractivity contribution in [2.45, 2.75) is 0 Å². The van der Waals surface area contributed by atoms with Gasteiger partial charge in [0, 0.05) is 0 Å². The first-order chi connectivity index (χ1) is 2.45. The average molecular weight is 942 g/mol. The number of hydrogen-bond acceptors (Lipinski definition) is 0.